The second-order valence-electron chi connectivity index (χ2n) is 2.27. The van der Waals surface area contributed by atoms with Crippen LogP contribution in [0.1, 0.15) is 16.8 Å². The van der Waals surface area contributed by atoms with Crippen LogP contribution in [0, 0.1) is 0 Å². The summed E-state index contributed by atoms with van der Waals surface area (Å²) in [5.74, 6) is -0.0302. The van der Waals surface area contributed by atoms with Crippen LogP contribution in [0.2, 0.25) is 5.02 Å². The van der Waals surface area contributed by atoms with Crippen LogP contribution < -0.4 is 0 Å². The molecule has 1 heterocycles. The van der Waals surface area contributed by atoms with E-state index in [9.17, 15) is 4.79 Å². The number of hydrogen-bond donors (Lipinski definition) is 0. The molecule has 62 valence electrons. The Balaban J connectivity index is 2.94. The second-order valence-corrected chi connectivity index (χ2v) is 2.68. The Hall–Kier alpha value is -1.15. The fraction of sp³-hybridized carbons (Fsp3) is 0.111. The molecule has 12 heavy (non-hydrogen) atoms. The molecule has 2 nitrogen and oxygen atoms in total. The van der Waals surface area contributed by atoms with Crippen molar-refractivity contribution in [3.63, 3.8) is 0 Å². The SMILES string of the molecule is C=CCC(=O)c1ccncc1Cl. The van der Waals surface area contributed by atoms with Gasteiger partial charge in [-0.2, -0.15) is 0 Å². The van der Waals surface area contributed by atoms with E-state index in [0.717, 1.165) is 0 Å². The number of allylic oxidation sites excluding steroid dienone is 1. The number of Topliss-reactive ketones (excluding diaryl/α,β-unsaturated/α-hetero) is 1. The zero-order valence-electron chi connectivity index (χ0n) is 6.46. The van der Waals surface area contributed by atoms with E-state index in [1.165, 1.54) is 6.20 Å². The van der Waals surface area contributed by atoms with Gasteiger partial charge in [-0.3, -0.25) is 9.78 Å². The van der Waals surface area contributed by atoms with E-state index in [0.29, 0.717) is 17.0 Å². The third-order valence-electron chi connectivity index (χ3n) is 1.40. The van der Waals surface area contributed by atoms with Crippen molar-refractivity contribution < 1.29 is 4.79 Å². The summed E-state index contributed by atoms with van der Waals surface area (Å²) in [5.41, 5.74) is 0.506. The van der Waals surface area contributed by atoms with Crippen molar-refractivity contribution in [3.05, 3.63) is 41.7 Å². The van der Waals surface area contributed by atoms with Crippen molar-refractivity contribution in [2.75, 3.05) is 0 Å². The van der Waals surface area contributed by atoms with Crippen molar-refractivity contribution in [2.24, 2.45) is 0 Å². The molecule has 0 saturated carbocycles. The van der Waals surface area contributed by atoms with Gasteiger partial charge in [-0.05, 0) is 6.07 Å². The Morgan fingerprint density at radius 2 is 2.50 bits per heavy atom. The zero-order chi connectivity index (χ0) is 8.97. The predicted octanol–water partition coefficient (Wildman–Crippen LogP) is 2.49. The minimum absolute atomic E-state index is 0.0302. The lowest BCUT2D eigenvalue weighted by Crippen LogP contribution is -1.97. The third kappa shape index (κ3) is 1.92. The number of halogens is 1. The Morgan fingerprint density at radius 3 is 3.08 bits per heavy atom. The Morgan fingerprint density at radius 1 is 1.75 bits per heavy atom. The average molecular weight is 182 g/mol. The summed E-state index contributed by atoms with van der Waals surface area (Å²) in [6.45, 7) is 3.48. The molecule has 0 fully saturated rings. The van der Waals surface area contributed by atoms with Crippen LogP contribution in [0.4, 0.5) is 0 Å². The number of nitrogens with zero attached hydrogens (tertiary/aromatic N) is 1. The van der Waals surface area contributed by atoms with Crippen LogP contribution in [0.15, 0.2) is 31.1 Å². The van der Waals surface area contributed by atoms with Crippen molar-refractivity contribution in [3.8, 4) is 0 Å². The lowest BCUT2D eigenvalue weighted by atomic mass is 10.1. The fourth-order valence-electron chi connectivity index (χ4n) is 0.842. The maximum Gasteiger partial charge on any atom is 0.168 e. The zero-order valence-corrected chi connectivity index (χ0v) is 7.21. The second kappa shape index (κ2) is 4.02. The topological polar surface area (TPSA) is 30.0 Å². The van der Waals surface area contributed by atoms with Gasteiger partial charge in [-0.25, -0.2) is 0 Å². The van der Waals surface area contributed by atoms with Gasteiger partial charge in [-0.15, -0.1) is 6.58 Å². The van der Waals surface area contributed by atoms with Crippen LogP contribution in [0.5, 0.6) is 0 Å². The lowest BCUT2D eigenvalue weighted by molar-refractivity contribution is 0.0996. The summed E-state index contributed by atoms with van der Waals surface area (Å²) in [7, 11) is 0. The van der Waals surface area contributed by atoms with Gasteiger partial charge < -0.3 is 0 Å². The van der Waals surface area contributed by atoms with Gasteiger partial charge in [0, 0.05) is 24.4 Å². The molecule has 1 aromatic heterocycles. The van der Waals surface area contributed by atoms with Crippen molar-refractivity contribution >= 4 is 17.4 Å². The Kier molecular flexibility index (Phi) is 3.00. The minimum Gasteiger partial charge on any atom is -0.294 e. The molecule has 0 aromatic carbocycles. The number of aromatic nitrogens is 1. The number of ketones is 1. The Bertz CT molecular complexity index is 309. The molecule has 0 unspecified atom stereocenters. The van der Waals surface area contributed by atoms with E-state index in [1.807, 2.05) is 0 Å². The molecule has 1 rings (SSSR count). The number of carbonyl (C=O) groups excluding carboxylic acids is 1. The minimum atomic E-state index is -0.0302. The molecule has 0 aliphatic rings. The summed E-state index contributed by atoms with van der Waals surface area (Å²) >= 11 is 5.74. The number of rotatable bonds is 3. The van der Waals surface area contributed by atoms with E-state index < -0.39 is 0 Å². The van der Waals surface area contributed by atoms with Crippen LogP contribution in [0.3, 0.4) is 0 Å². The summed E-state index contributed by atoms with van der Waals surface area (Å²) in [5, 5.41) is 0.393. The summed E-state index contributed by atoms with van der Waals surface area (Å²) in [6, 6.07) is 1.61. The highest BCUT2D eigenvalue weighted by Gasteiger charge is 2.06. The van der Waals surface area contributed by atoms with Gasteiger partial charge in [-0.1, -0.05) is 17.7 Å². The molecule has 3 heteroatoms. The van der Waals surface area contributed by atoms with Gasteiger partial charge in [0.05, 0.1) is 5.02 Å². The maximum atomic E-state index is 11.3. The summed E-state index contributed by atoms with van der Waals surface area (Å²) in [4.78, 5) is 15.1. The van der Waals surface area contributed by atoms with Crippen LogP contribution in [-0.2, 0) is 0 Å². The highest BCUT2D eigenvalue weighted by atomic mass is 35.5. The van der Waals surface area contributed by atoms with E-state index in [2.05, 4.69) is 11.6 Å². The van der Waals surface area contributed by atoms with E-state index in [4.69, 9.17) is 11.6 Å². The summed E-state index contributed by atoms with van der Waals surface area (Å²) < 4.78 is 0. The average Bonchev–Trinajstić information content (AvgIpc) is 2.05. The first kappa shape index (κ1) is 8.94. The van der Waals surface area contributed by atoms with Crippen LogP contribution in [-0.4, -0.2) is 10.8 Å². The first-order valence-electron chi connectivity index (χ1n) is 3.49. The predicted molar refractivity (Wildman–Crippen MR) is 48.4 cm³/mol. The Labute approximate surface area is 75.9 Å². The number of carbonyl (C=O) groups is 1. The largest absolute Gasteiger partial charge is 0.294 e. The van der Waals surface area contributed by atoms with Crippen molar-refractivity contribution in [1.82, 2.24) is 4.98 Å². The van der Waals surface area contributed by atoms with Gasteiger partial charge >= 0.3 is 0 Å². The van der Waals surface area contributed by atoms with E-state index in [-0.39, 0.29) is 5.78 Å². The molecule has 0 bridgehead atoms. The maximum absolute atomic E-state index is 11.3. The van der Waals surface area contributed by atoms with Crippen LogP contribution >= 0.6 is 11.6 Å². The lowest BCUT2D eigenvalue weighted by Gasteiger charge is -1.98. The molecule has 0 radical (unpaired) electrons. The molecule has 0 amide bonds. The molecule has 0 spiro atoms. The third-order valence-corrected chi connectivity index (χ3v) is 1.70. The van der Waals surface area contributed by atoms with Gasteiger partial charge in [0.2, 0.25) is 0 Å². The molecular weight excluding hydrogens is 174 g/mol. The highest BCUT2D eigenvalue weighted by molar-refractivity contribution is 6.33. The number of hydrogen-bond acceptors (Lipinski definition) is 2. The molecule has 0 aliphatic carbocycles. The van der Waals surface area contributed by atoms with Crippen LogP contribution in [0.25, 0.3) is 0 Å². The smallest absolute Gasteiger partial charge is 0.168 e. The molecule has 0 atom stereocenters. The standard InChI is InChI=1S/C9H8ClNO/c1-2-3-9(12)7-4-5-11-6-8(7)10/h2,4-6H,1,3H2. The molecule has 0 aliphatic heterocycles. The van der Waals surface area contributed by atoms with Gasteiger partial charge in [0.1, 0.15) is 0 Å². The molecular formula is C9H8ClNO. The quantitative estimate of drug-likeness (QED) is 0.530. The summed E-state index contributed by atoms with van der Waals surface area (Å²) in [6.07, 6.45) is 4.86. The normalized spacial score (nSPS) is 9.42. The molecule has 1 aromatic rings. The first-order chi connectivity index (χ1) is 5.75. The monoisotopic (exact) mass is 181 g/mol. The van der Waals surface area contributed by atoms with Crippen molar-refractivity contribution in [2.45, 2.75) is 6.42 Å². The first-order valence-corrected chi connectivity index (χ1v) is 3.87. The molecule has 0 saturated heterocycles. The van der Waals surface area contributed by atoms with Gasteiger partial charge in [0.25, 0.3) is 0 Å². The van der Waals surface area contributed by atoms with E-state index >= 15 is 0 Å². The fourth-order valence-corrected chi connectivity index (χ4v) is 1.07. The van der Waals surface area contributed by atoms with Gasteiger partial charge in [0.15, 0.2) is 5.78 Å². The van der Waals surface area contributed by atoms with E-state index in [1.54, 1.807) is 18.3 Å². The van der Waals surface area contributed by atoms with Crippen molar-refractivity contribution in [1.29, 1.82) is 0 Å². The molecule has 0 N–H and O–H groups in total. The number of pyridine rings is 1. The highest BCUT2D eigenvalue weighted by Crippen LogP contribution is 2.15.